The molecule has 0 aliphatic carbocycles. The van der Waals surface area contributed by atoms with E-state index in [1.807, 2.05) is 0 Å². The highest BCUT2D eigenvalue weighted by Gasteiger charge is 1.91. The van der Waals surface area contributed by atoms with Crippen molar-refractivity contribution in [2.75, 3.05) is 6.54 Å². The third kappa shape index (κ3) is 7.90. The first kappa shape index (κ1) is 11.9. The average molecular weight is 209 g/mol. The van der Waals surface area contributed by atoms with Crippen molar-refractivity contribution in [1.29, 1.82) is 0 Å². The van der Waals surface area contributed by atoms with Crippen molar-refractivity contribution in [2.24, 2.45) is 25.9 Å². The molecule has 0 atom stereocenters. The van der Waals surface area contributed by atoms with Crippen LogP contribution in [0.4, 0.5) is 0 Å². The van der Waals surface area contributed by atoms with E-state index in [0.29, 0.717) is 0 Å². The molecule has 0 aromatic rings. The van der Waals surface area contributed by atoms with Gasteiger partial charge in [0, 0.05) is 6.21 Å². The molecule has 0 saturated carbocycles. The van der Waals surface area contributed by atoms with Gasteiger partial charge in [0.2, 0.25) is 0 Å². The standard InChI is InChI=1S/C10H19N5/c1-2-4-6-8-10-12-14-15-13-11-9-7-5-3-1/h9H,1-8,10H2/b11-9-,14-12?,15-13-. The summed E-state index contributed by atoms with van der Waals surface area (Å²) in [7, 11) is 0. The maximum absolute atomic E-state index is 3.87. The van der Waals surface area contributed by atoms with E-state index in [1.54, 1.807) is 6.21 Å². The summed E-state index contributed by atoms with van der Waals surface area (Å²) in [6.07, 6.45) is 11.6. The molecule has 84 valence electrons. The zero-order valence-corrected chi connectivity index (χ0v) is 9.18. The van der Waals surface area contributed by atoms with Crippen molar-refractivity contribution in [1.82, 2.24) is 0 Å². The largest absolute Gasteiger partial charge is 0.167 e. The molecule has 1 rings (SSSR count). The quantitative estimate of drug-likeness (QED) is 0.580. The van der Waals surface area contributed by atoms with E-state index in [2.05, 4.69) is 25.9 Å². The number of nitrogens with zero attached hydrogens (tertiary/aromatic N) is 5. The van der Waals surface area contributed by atoms with Gasteiger partial charge in [-0.05, 0) is 34.9 Å². The fraction of sp³-hybridized carbons (Fsp3) is 0.900. The second-order valence-corrected chi connectivity index (χ2v) is 3.69. The fourth-order valence-electron chi connectivity index (χ4n) is 1.51. The highest BCUT2D eigenvalue weighted by molar-refractivity contribution is 5.56. The predicted octanol–water partition coefficient (Wildman–Crippen LogP) is 3.93. The van der Waals surface area contributed by atoms with Gasteiger partial charge in [0.1, 0.15) is 0 Å². The average Bonchev–Trinajstić information content (AvgIpc) is 2.27. The third-order valence-corrected chi connectivity index (χ3v) is 2.37. The minimum atomic E-state index is 0.753. The first-order valence-electron chi connectivity index (χ1n) is 5.78. The highest BCUT2D eigenvalue weighted by atomic mass is 15.5. The summed E-state index contributed by atoms with van der Waals surface area (Å²) in [6.45, 7) is 0.753. The molecular formula is C10H19N5. The number of hydrogen-bond donors (Lipinski definition) is 0. The summed E-state index contributed by atoms with van der Waals surface area (Å²) >= 11 is 0. The minimum Gasteiger partial charge on any atom is -0.167 e. The van der Waals surface area contributed by atoms with Crippen molar-refractivity contribution in [3.63, 3.8) is 0 Å². The maximum Gasteiger partial charge on any atom is 0.0621 e. The normalized spacial score (nSPS) is 25.1. The van der Waals surface area contributed by atoms with E-state index in [-0.39, 0.29) is 0 Å². The molecule has 15 heavy (non-hydrogen) atoms. The predicted molar refractivity (Wildman–Crippen MR) is 60.0 cm³/mol. The van der Waals surface area contributed by atoms with Crippen molar-refractivity contribution in [3.05, 3.63) is 0 Å². The van der Waals surface area contributed by atoms with Gasteiger partial charge in [-0.25, -0.2) is 0 Å². The lowest BCUT2D eigenvalue weighted by Gasteiger charge is -1.98. The van der Waals surface area contributed by atoms with Crippen molar-refractivity contribution in [2.45, 2.75) is 51.4 Å². The first-order chi connectivity index (χ1) is 7.50. The Balaban J connectivity index is 2.25. The molecule has 0 saturated heterocycles. The Morgan fingerprint density at radius 1 is 0.667 bits per heavy atom. The Morgan fingerprint density at radius 3 is 2.27 bits per heavy atom. The van der Waals surface area contributed by atoms with Gasteiger partial charge >= 0.3 is 0 Å². The van der Waals surface area contributed by atoms with Gasteiger partial charge in [-0.2, -0.15) is 5.11 Å². The van der Waals surface area contributed by atoms with Crippen LogP contribution in [0.15, 0.2) is 25.9 Å². The fourth-order valence-corrected chi connectivity index (χ4v) is 1.51. The van der Waals surface area contributed by atoms with Crippen LogP contribution >= 0.6 is 0 Å². The minimum absolute atomic E-state index is 0.753. The molecule has 1 aliphatic rings. The molecule has 0 amide bonds. The molecule has 1 aliphatic heterocycles. The van der Waals surface area contributed by atoms with Gasteiger partial charge in [-0.1, -0.05) is 32.1 Å². The molecular weight excluding hydrogens is 190 g/mol. The summed E-state index contributed by atoms with van der Waals surface area (Å²) in [5, 5.41) is 18.2. The Morgan fingerprint density at radius 2 is 1.40 bits per heavy atom. The van der Waals surface area contributed by atoms with E-state index in [4.69, 9.17) is 0 Å². The zero-order chi connectivity index (χ0) is 10.6. The Bertz CT molecular complexity index is 200. The molecule has 0 aromatic carbocycles. The van der Waals surface area contributed by atoms with E-state index >= 15 is 0 Å². The van der Waals surface area contributed by atoms with Crippen LogP contribution in [0, 0.1) is 0 Å². The van der Waals surface area contributed by atoms with Gasteiger partial charge in [0.05, 0.1) is 6.54 Å². The van der Waals surface area contributed by atoms with Crippen molar-refractivity contribution < 1.29 is 0 Å². The summed E-state index contributed by atoms with van der Waals surface area (Å²) in [4.78, 5) is 0. The lowest BCUT2D eigenvalue weighted by molar-refractivity contribution is 0.584. The van der Waals surface area contributed by atoms with Crippen LogP contribution in [-0.4, -0.2) is 12.8 Å². The monoisotopic (exact) mass is 209 g/mol. The van der Waals surface area contributed by atoms with Gasteiger partial charge < -0.3 is 0 Å². The van der Waals surface area contributed by atoms with Gasteiger partial charge in [-0.15, -0.1) is 5.10 Å². The van der Waals surface area contributed by atoms with Crippen LogP contribution < -0.4 is 0 Å². The van der Waals surface area contributed by atoms with E-state index in [1.165, 1.54) is 38.5 Å². The smallest absolute Gasteiger partial charge is 0.0621 e. The Hall–Kier alpha value is -1.13. The van der Waals surface area contributed by atoms with Gasteiger partial charge in [-0.3, -0.25) is 0 Å². The Labute approximate surface area is 90.7 Å². The molecule has 0 unspecified atom stereocenters. The topological polar surface area (TPSA) is 61.8 Å². The Kier molecular flexibility index (Phi) is 7.50. The summed E-state index contributed by atoms with van der Waals surface area (Å²) in [5.41, 5.74) is 0. The van der Waals surface area contributed by atoms with Crippen molar-refractivity contribution >= 4 is 6.21 Å². The molecule has 5 nitrogen and oxygen atoms in total. The first-order valence-corrected chi connectivity index (χ1v) is 5.78. The number of hydrogen-bond acceptors (Lipinski definition) is 5. The molecule has 0 N–H and O–H groups in total. The highest BCUT2D eigenvalue weighted by Crippen LogP contribution is 2.08. The molecule has 0 aromatic heterocycles. The molecule has 1 heterocycles. The summed E-state index contributed by atoms with van der Waals surface area (Å²) in [6, 6.07) is 0. The van der Waals surface area contributed by atoms with Crippen LogP contribution in [0.1, 0.15) is 51.4 Å². The van der Waals surface area contributed by atoms with Crippen LogP contribution in [0.5, 0.6) is 0 Å². The maximum atomic E-state index is 3.87. The van der Waals surface area contributed by atoms with E-state index in [0.717, 1.165) is 19.4 Å². The second kappa shape index (κ2) is 9.43. The van der Waals surface area contributed by atoms with Crippen molar-refractivity contribution in [3.8, 4) is 0 Å². The summed E-state index contributed by atoms with van der Waals surface area (Å²) < 4.78 is 0. The van der Waals surface area contributed by atoms with E-state index < -0.39 is 0 Å². The molecule has 0 spiro atoms. The van der Waals surface area contributed by atoms with Crippen LogP contribution in [0.25, 0.3) is 0 Å². The van der Waals surface area contributed by atoms with Gasteiger partial charge in [0.15, 0.2) is 0 Å². The molecule has 0 fully saturated rings. The SMILES string of the molecule is C1=N\N=N/N=NCCCCCCCCC/1. The van der Waals surface area contributed by atoms with E-state index in [9.17, 15) is 0 Å². The number of rotatable bonds is 0. The lowest BCUT2D eigenvalue weighted by Crippen LogP contribution is -1.83. The molecule has 0 bridgehead atoms. The molecule has 0 radical (unpaired) electrons. The van der Waals surface area contributed by atoms with Crippen LogP contribution in [-0.2, 0) is 0 Å². The summed E-state index contributed by atoms with van der Waals surface area (Å²) in [5.74, 6) is 0. The molecule has 5 heteroatoms. The van der Waals surface area contributed by atoms with Gasteiger partial charge in [0.25, 0.3) is 0 Å². The van der Waals surface area contributed by atoms with Crippen LogP contribution in [0.3, 0.4) is 0 Å². The lowest BCUT2D eigenvalue weighted by atomic mass is 10.1. The van der Waals surface area contributed by atoms with Crippen LogP contribution in [0.2, 0.25) is 0 Å². The second-order valence-electron chi connectivity index (χ2n) is 3.69. The zero-order valence-electron chi connectivity index (χ0n) is 9.18. The third-order valence-electron chi connectivity index (χ3n) is 2.37.